The molecule has 3 fully saturated rings. The highest BCUT2D eigenvalue weighted by molar-refractivity contribution is 5.85. The SMILES string of the molecule is CCN1OCC=C1NC(=O)C[N+]12CCC(CC1)[C@@H](OC(=O)C1c3ccccc3Oc3ccccc31)C2. The third-order valence-corrected chi connectivity index (χ3v) is 8.03. The van der Waals surface area contributed by atoms with E-state index in [2.05, 4.69) is 5.32 Å². The molecule has 36 heavy (non-hydrogen) atoms. The summed E-state index contributed by atoms with van der Waals surface area (Å²) in [4.78, 5) is 32.2. The van der Waals surface area contributed by atoms with Gasteiger partial charge in [0.2, 0.25) is 0 Å². The van der Waals surface area contributed by atoms with E-state index in [-0.39, 0.29) is 18.0 Å². The summed E-state index contributed by atoms with van der Waals surface area (Å²) < 4.78 is 13.0. The molecular formula is C28H32N3O5+. The van der Waals surface area contributed by atoms with E-state index >= 15 is 0 Å². The van der Waals surface area contributed by atoms with Crippen LogP contribution in [0.15, 0.2) is 60.4 Å². The Morgan fingerprint density at radius 2 is 1.72 bits per heavy atom. The molecule has 8 heteroatoms. The molecule has 5 aliphatic rings. The van der Waals surface area contributed by atoms with Crippen molar-refractivity contribution < 1.29 is 28.4 Å². The number of quaternary nitrogens is 1. The highest BCUT2D eigenvalue weighted by atomic mass is 16.7. The van der Waals surface area contributed by atoms with Gasteiger partial charge >= 0.3 is 5.97 Å². The van der Waals surface area contributed by atoms with E-state index in [0.29, 0.717) is 54.0 Å². The number of carbonyl (C=O) groups excluding carboxylic acids is 2. The van der Waals surface area contributed by atoms with Gasteiger partial charge in [-0.2, -0.15) is 0 Å². The van der Waals surface area contributed by atoms with Gasteiger partial charge in [-0.25, -0.2) is 5.06 Å². The van der Waals surface area contributed by atoms with Gasteiger partial charge in [-0.3, -0.25) is 14.4 Å². The van der Waals surface area contributed by atoms with Crippen molar-refractivity contribution in [2.45, 2.75) is 31.8 Å². The molecule has 2 aromatic rings. The number of hydroxylamine groups is 2. The van der Waals surface area contributed by atoms with E-state index in [9.17, 15) is 9.59 Å². The molecule has 0 aliphatic carbocycles. The average Bonchev–Trinajstić information content (AvgIpc) is 3.34. The number of ether oxygens (including phenoxy) is 2. The summed E-state index contributed by atoms with van der Waals surface area (Å²) in [6.07, 6.45) is 3.60. The van der Waals surface area contributed by atoms with Crippen molar-refractivity contribution >= 4 is 11.9 Å². The quantitative estimate of drug-likeness (QED) is 0.495. The molecule has 0 spiro atoms. The van der Waals surface area contributed by atoms with Crippen LogP contribution in [0.2, 0.25) is 0 Å². The minimum Gasteiger partial charge on any atom is -0.457 e. The van der Waals surface area contributed by atoms with Crippen LogP contribution in [-0.4, -0.2) is 66.9 Å². The molecule has 1 N–H and O–H groups in total. The summed E-state index contributed by atoms with van der Waals surface area (Å²) in [5, 5.41) is 4.72. The lowest BCUT2D eigenvalue weighted by Crippen LogP contribution is -2.66. The minimum atomic E-state index is -0.521. The fourth-order valence-corrected chi connectivity index (χ4v) is 6.20. The number of hydrogen-bond donors (Lipinski definition) is 1. The number of carbonyl (C=O) groups is 2. The lowest BCUT2D eigenvalue weighted by Gasteiger charge is -2.51. The summed E-state index contributed by atoms with van der Waals surface area (Å²) in [5.41, 5.74) is 1.66. The van der Waals surface area contributed by atoms with Crippen LogP contribution in [0, 0.1) is 5.92 Å². The average molecular weight is 491 g/mol. The van der Waals surface area contributed by atoms with Crippen LogP contribution in [0.25, 0.3) is 0 Å². The molecule has 0 aromatic heterocycles. The molecule has 0 saturated carbocycles. The van der Waals surface area contributed by atoms with Crippen LogP contribution in [0.3, 0.4) is 0 Å². The Hall–Kier alpha value is -3.36. The molecule has 1 amide bonds. The van der Waals surface area contributed by atoms with Crippen molar-refractivity contribution in [3.05, 3.63) is 71.6 Å². The van der Waals surface area contributed by atoms with Crippen LogP contribution in [0.4, 0.5) is 0 Å². The number of esters is 1. The van der Waals surface area contributed by atoms with Crippen molar-refractivity contribution in [3.8, 4) is 11.5 Å². The Kier molecular flexibility index (Phi) is 5.93. The second-order valence-corrected chi connectivity index (χ2v) is 10.2. The number of para-hydroxylation sites is 2. The molecule has 2 bridgehead atoms. The first-order chi connectivity index (χ1) is 17.5. The Balaban J connectivity index is 1.17. The van der Waals surface area contributed by atoms with Gasteiger partial charge in [0.1, 0.15) is 29.8 Å². The monoisotopic (exact) mass is 490 g/mol. The minimum absolute atomic E-state index is 0.0251. The van der Waals surface area contributed by atoms with Gasteiger partial charge in [-0.05, 0) is 25.1 Å². The van der Waals surface area contributed by atoms with Crippen LogP contribution in [0.5, 0.6) is 11.5 Å². The molecule has 0 unspecified atom stereocenters. The van der Waals surface area contributed by atoms with Crippen molar-refractivity contribution in [3.63, 3.8) is 0 Å². The number of hydrogen-bond acceptors (Lipinski definition) is 6. The molecular weight excluding hydrogens is 458 g/mol. The predicted molar refractivity (Wildman–Crippen MR) is 132 cm³/mol. The third kappa shape index (κ3) is 4.14. The van der Waals surface area contributed by atoms with Crippen molar-refractivity contribution in [2.24, 2.45) is 5.92 Å². The molecule has 5 heterocycles. The number of rotatable bonds is 6. The Labute approximate surface area is 211 Å². The van der Waals surface area contributed by atoms with Gasteiger partial charge in [0.05, 0.1) is 19.7 Å². The molecule has 1 atom stereocenters. The predicted octanol–water partition coefficient (Wildman–Crippen LogP) is 3.30. The van der Waals surface area contributed by atoms with Gasteiger partial charge in [-0.1, -0.05) is 36.4 Å². The standard InChI is InChI=1S/C28H31N3O5/c1-2-30-25(13-16-34-30)29-26(32)18-31-14-11-19(12-15-31)24(17-31)36-28(33)27-20-7-3-5-9-22(20)35-23-10-6-4-8-21(23)27/h3-10,13,19,24,27H,2,11-12,14-18H2,1H3/p+1/t19?,24-,31?/m0/s1. The summed E-state index contributed by atoms with van der Waals surface area (Å²) in [7, 11) is 0. The van der Waals surface area contributed by atoms with Gasteiger partial charge in [0.25, 0.3) is 5.91 Å². The maximum atomic E-state index is 13.7. The van der Waals surface area contributed by atoms with Crippen molar-refractivity contribution in [1.29, 1.82) is 0 Å². The number of fused-ring (bicyclic) bond motifs is 5. The molecule has 188 valence electrons. The zero-order valence-electron chi connectivity index (χ0n) is 20.5. The van der Waals surface area contributed by atoms with Gasteiger partial charge in [0, 0.05) is 36.4 Å². The van der Waals surface area contributed by atoms with Crippen molar-refractivity contribution in [2.75, 3.05) is 39.3 Å². The van der Waals surface area contributed by atoms with Gasteiger partial charge in [-0.15, -0.1) is 0 Å². The largest absolute Gasteiger partial charge is 0.457 e. The molecule has 2 aromatic carbocycles. The lowest BCUT2D eigenvalue weighted by atomic mass is 9.82. The number of nitrogens with one attached hydrogen (secondary N) is 1. The number of benzene rings is 2. The third-order valence-electron chi connectivity index (χ3n) is 8.03. The number of nitrogens with zero attached hydrogens (tertiary/aromatic N) is 2. The fraction of sp³-hybridized carbons (Fsp3) is 0.429. The first-order valence-corrected chi connectivity index (χ1v) is 12.9. The van der Waals surface area contributed by atoms with E-state index < -0.39 is 5.92 Å². The van der Waals surface area contributed by atoms with E-state index in [4.69, 9.17) is 14.3 Å². The highest BCUT2D eigenvalue weighted by Gasteiger charge is 2.49. The zero-order valence-corrected chi connectivity index (χ0v) is 20.5. The molecule has 3 saturated heterocycles. The van der Waals surface area contributed by atoms with Gasteiger partial charge < -0.3 is 19.3 Å². The summed E-state index contributed by atoms with van der Waals surface area (Å²) in [5.74, 6) is 1.65. The summed E-state index contributed by atoms with van der Waals surface area (Å²) in [6.45, 7) is 6.04. The van der Waals surface area contributed by atoms with Crippen LogP contribution in [-0.2, 0) is 19.2 Å². The van der Waals surface area contributed by atoms with Crippen molar-refractivity contribution in [1.82, 2.24) is 10.4 Å². The van der Waals surface area contributed by atoms with Crippen LogP contribution < -0.4 is 10.1 Å². The van der Waals surface area contributed by atoms with E-state index in [0.717, 1.165) is 37.1 Å². The Bertz CT molecular complexity index is 1160. The summed E-state index contributed by atoms with van der Waals surface area (Å²) in [6, 6.07) is 15.3. The summed E-state index contributed by atoms with van der Waals surface area (Å²) >= 11 is 0. The normalized spacial score (nSPS) is 26.5. The first kappa shape index (κ1) is 23.1. The zero-order chi connectivity index (χ0) is 24.7. The molecule has 8 nitrogen and oxygen atoms in total. The fourth-order valence-electron chi connectivity index (χ4n) is 6.20. The number of piperidine rings is 3. The smallest absolute Gasteiger partial charge is 0.318 e. The lowest BCUT2D eigenvalue weighted by molar-refractivity contribution is -0.939. The van der Waals surface area contributed by atoms with Crippen LogP contribution >= 0.6 is 0 Å². The number of amides is 1. The first-order valence-electron chi connectivity index (χ1n) is 12.9. The molecule has 7 rings (SSSR count). The molecule has 0 radical (unpaired) electrons. The maximum Gasteiger partial charge on any atom is 0.318 e. The van der Waals surface area contributed by atoms with E-state index in [1.807, 2.05) is 61.5 Å². The molecule has 5 aliphatic heterocycles. The van der Waals surface area contributed by atoms with E-state index in [1.165, 1.54) is 0 Å². The Morgan fingerprint density at radius 1 is 1.06 bits per heavy atom. The van der Waals surface area contributed by atoms with E-state index in [1.54, 1.807) is 5.06 Å². The maximum absolute atomic E-state index is 13.7. The second-order valence-electron chi connectivity index (χ2n) is 10.2. The Morgan fingerprint density at radius 3 is 2.39 bits per heavy atom. The van der Waals surface area contributed by atoms with Crippen LogP contribution in [0.1, 0.15) is 36.8 Å². The topological polar surface area (TPSA) is 77.1 Å². The van der Waals surface area contributed by atoms with Gasteiger partial charge in [0.15, 0.2) is 12.6 Å². The second kappa shape index (κ2) is 9.26. The highest BCUT2D eigenvalue weighted by Crippen LogP contribution is 2.45.